The Morgan fingerprint density at radius 3 is 2.62 bits per heavy atom. The average molecular weight is 417 g/mol. The fourth-order valence-corrected chi connectivity index (χ4v) is 3.60. The van der Waals surface area contributed by atoms with Gasteiger partial charge in [-0.05, 0) is 41.5 Å². The van der Waals surface area contributed by atoms with Gasteiger partial charge in [0, 0.05) is 48.1 Å². The lowest BCUT2D eigenvalue weighted by Gasteiger charge is -2.19. The number of H-pyrrole nitrogens is 1. The summed E-state index contributed by atoms with van der Waals surface area (Å²) in [5.41, 5.74) is 2.91. The van der Waals surface area contributed by atoms with E-state index in [0.29, 0.717) is 29.7 Å². The fraction of sp³-hybridized carbons (Fsp3) is 0.318. The normalized spacial score (nSPS) is 12.0. The summed E-state index contributed by atoms with van der Waals surface area (Å²) >= 11 is 6.23. The third kappa shape index (κ3) is 4.83. The topological polar surface area (TPSA) is 72.6 Å². The molecular formula is C22H25ClN2O4. The Hall–Kier alpha value is -2.70. The van der Waals surface area contributed by atoms with E-state index in [1.54, 1.807) is 21.3 Å². The van der Waals surface area contributed by atoms with Crippen molar-refractivity contribution in [2.45, 2.75) is 12.3 Å². The molecule has 2 aromatic carbocycles. The lowest BCUT2D eigenvalue weighted by molar-refractivity contribution is -0.121. The van der Waals surface area contributed by atoms with Crippen LogP contribution in [0.25, 0.3) is 10.9 Å². The van der Waals surface area contributed by atoms with Gasteiger partial charge in [0.05, 0.1) is 20.8 Å². The highest BCUT2D eigenvalue weighted by Crippen LogP contribution is 2.38. The first kappa shape index (κ1) is 21.0. The van der Waals surface area contributed by atoms with E-state index < -0.39 is 0 Å². The maximum Gasteiger partial charge on any atom is 0.221 e. The largest absolute Gasteiger partial charge is 0.493 e. The van der Waals surface area contributed by atoms with Crippen LogP contribution in [0, 0.1) is 0 Å². The summed E-state index contributed by atoms with van der Waals surface area (Å²) in [6.07, 6.45) is 2.21. The molecule has 0 saturated carbocycles. The molecule has 1 atom stereocenters. The summed E-state index contributed by atoms with van der Waals surface area (Å²) < 4.78 is 15.8. The minimum atomic E-state index is -0.190. The van der Waals surface area contributed by atoms with Gasteiger partial charge in [-0.15, -0.1) is 0 Å². The number of hydrogen-bond acceptors (Lipinski definition) is 4. The van der Waals surface area contributed by atoms with Gasteiger partial charge in [0.2, 0.25) is 5.91 Å². The Morgan fingerprint density at radius 2 is 1.90 bits per heavy atom. The number of methoxy groups -OCH3 is 3. The minimum Gasteiger partial charge on any atom is -0.493 e. The molecule has 0 bridgehead atoms. The van der Waals surface area contributed by atoms with Crippen molar-refractivity contribution >= 4 is 28.4 Å². The van der Waals surface area contributed by atoms with Gasteiger partial charge in [0.1, 0.15) is 0 Å². The number of benzene rings is 2. The van der Waals surface area contributed by atoms with Crippen LogP contribution < -0.4 is 14.8 Å². The highest BCUT2D eigenvalue weighted by molar-refractivity contribution is 6.31. The molecule has 1 unspecified atom stereocenters. The van der Waals surface area contributed by atoms with E-state index in [-0.39, 0.29) is 18.2 Å². The predicted molar refractivity (Wildman–Crippen MR) is 114 cm³/mol. The van der Waals surface area contributed by atoms with Crippen LogP contribution in [0.2, 0.25) is 5.02 Å². The number of carbonyl (C=O) groups excluding carboxylic acids is 1. The lowest BCUT2D eigenvalue weighted by atomic mass is 9.87. The zero-order valence-electron chi connectivity index (χ0n) is 16.8. The Labute approximate surface area is 175 Å². The molecule has 0 aliphatic rings. The van der Waals surface area contributed by atoms with Crippen LogP contribution in [0.4, 0.5) is 0 Å². The van der Waals surface area contributed by atoms with E-state index in [9.17, 15) is 4.79 Å². The van der Waals surface area contributed by atoms with Crippen molar-refractivity contribution in [3.8, 4) is 11.5 Å². The molecule has 6 nitrogen and oxygen atoms in total. The SMILES string of the molecule is COCCNC(=O)CC(c1ccc(OC)c(OC)c1)c1c[nH]c2ccc(Cl)cc12. The number of amides is 1. The third-order valence-electron chi connectivity index (χ3n) is 4.88. The predicted octanol–water partition coefficient (Wildman–Crippen LogP) is 4.12. The first-order chi connectivity index (χ1) is 14.1. The monoisotopic (exact) mass is 416 g/mol. The zero-order valence-corrected chi connectivity index (χ0v) is 17.5. The van der Waals surface area contributed by atoms with E-state index in [0.717, 1.165) is 22.0 Å². The van der Waals surface area contributed by atoms with Crippen LogP contribution in [0.5, 0.6) is 11.5 Å². The fourth-order valence-electron chi connectivity index (χ4n) is 3.43. The highest BCUT2D eigenvalue weighted by atomic mass is 35.5. The number of fused-ring (bicyclic) bond motifs is 1. The second-order valence-electron chi connectivity index (χ2n) is 6.65. The van der Waals surface area contributed by atoms with E-state index in [1.807, 2.05) is 42.6 Å². The molecule has 7 heteroatoms. The highest BCUT2D eigenvalue weighted by Gasteiger charge is 2.23. The van der Waals surface area contributed by atoms with Crippen molar-refractivity contribution in [3.63, 3.8) is 0 Å². The second kappa shape index (κ2) is 9.67. The number of ether oxygens (including phenoxy) is 3. The maximum absolute atomic E-state index is 12.6. The van der Waals surface area contributed by atoms with Crippen LogP contribution in [-0.4, -0.2) is 45.4 Å². The van der Waals surface area contributed by atoms with E-state index >= 15 is 0 Å². The molecule has 3 aromatic rings. The van der Waals surface area contributed by atoms with Gasteiger partial charge in [-0.1, -0.05) is 17.7 Å². The zero-order chi connectivity index (χ0) is 20.8. The quantitative estimate of drug-likeness (QED) is 0.514. The molecule has 154 valence electrons. The molecule has 0 radical (unpaired) electrons. The number of nitrogens with one attached hydrogen (secondary N) is 2. The summed E-state index contributed by atoms with van der Waals surface area (Å²) in [6, 6.07) is 11.4. The molecule has 2 N–H and O–H groups in total. The summed E-state index contributed by atoms with van der Waals surface area (Å²) in [5.74, 6) is 1.01. The van der Waals surface area contributed by atoms with Crippen LogP contribution in [0.1, 0.15) is 23.5 Å². The first-order valence-electron chi connectivity index (χ1n) is 9.31. The smallest absolute Gasteiger partial charge is 0.221 e. The number of aromatic nitrogens is 1. The second-order valence-corrected chi connectivity index (χ2v) is 7.08. The van der Waals surface area contributed by atoms with E-state index in [2.05, 4.69) is 10.3 Å². The minimum absolute atomic E-state index is 0.0572. The molecule has 0 aliphatic heterocycles. The molecule has 0 aliphatic carbocycles. The average Bonchev–Trinajstić information content (AvgIpc) is 3.14. The Kier molecular flexibility index (Phi) is 7.01. The van der Waals surface area contributed by atoms with Crippen molar-refractivity contribution in [1.82, 2.24) is 10.3 Å². The van der Waals surface area contributed by atoms with Gasteiger partial charge in [-0.25, -0.2) is 0 Å². The first-order valence-corrected chi connectivity index (χ1v) is 9.69. The Morgan fingerprint density at radius 1 is 1.10 bits per heavy atom. The van der Waals surface area contributed by atoms with Crippen LogP contribution in [0.3, 0.4) is 0 Å². The Bertz CT molecular complexity index is 986. The number of carbonyl (C=O) groups is 1. The third-order valence-corrected chi connectivity index (χ3v) is 5.11. The number of hydrogen-bond donors (Lipinski definition) is 2. The molecule has 0 fully saturated rings. The maximum atomic E-state index is 12.6. The van der Waals surface area contributed by atoms with Crippen LogP contribution >= 0.6 is 11.6 Å². The number of aromatic amines is 1. The summed E-state index contributed by atoms with van der Waals surface area (Å²) in [6.45, 7) is 0.934. The Balaban J connectivity index is 2.02. The molecule has 1 heterocycles. The molecule has 0 spiro atoms. The van der Waals surface area contributed by atoms with Crippen molar-refractivity contribution in [2.24, 2.45) is 0 Å². The molecule has 29 heavy (non-hydrogen) atoms. The number of halogens is 1. The van der Waals surface area contributed by atoms with Gasteiger partial charge in [0.25, 0.3) is 0 Å². The standard InChI is InChI=1S/C22H25ClN2O4/c1-27-9-8-24-22(26)12-16(14-4-7-20(28-2)21(10-14)29-3)18-13-25-19-6-5-15(23)11-17(18)19/h4-7,10-11,13,16,25H,8-9,12H2,1-3H3,(H,24,26). The van der Waals surface area contributed by atoms with Crippen molar-refractivity contribution in [2.75, 3.05) is 34.5 Å². The summed E-state index contributed by atoms with van der Waals surface area (Å²) in [7, 11) is 4.80. The molecule has 0 saturated heterocycles. The molecule has 1 amide bonds. The number of rotatable bonds is 9. The van der Waals surface area contributed by atoms with Gasteiger partial charge < -0.3 is 24.5 Å². The van der Waals surface area contributed by atoms with Crippen molar-refractivity contribution in [1.29, 1.82) is 0 Å². The summed E-state index contributed by atoms with van der Waals surface area (Å²) in [5, 5.41) is 4.54. The van der Waals surface area contributed by atoms with Crippen molar-refractivity contribution in [3.05, 3.63) is 58.7 Å². The van der Waals surface area contributed by atoms with Crippen molar-refractivity contribution < 1.29 is 19.0 Å². The molecular weight excluding hydrogens is 392 g/mol. The van der Waals surface area contributed by atoms with Crippen LogP contribution in [0.15, 0.2) is 42.6 Å². The summed E-state index contributed by atoms with van der Waals surface area (Å²) in [4.78, 5) is 15.9. The lowest BCUT2D eigenvalue weighted by Crippen LogP contribution is -2.28. The van der Waals surface area contributed by atoms with Crippen LogP contribution in [-0.2, 0) is 9.53 Å². The van der Waals surface area contributed by atoms with E-state index in [1.165, 1.54) is 0 Å². The van der Waals surface area contributed by atoms with Gasteiger partial charge >= 0.3 is 0 Å². The van der Waals surface area contributed by atoms with Gasteiger partial charge in [-0.2, -0.15) is 0 Å². The van der Waals surface area contributed by atoms with Gasteiger partial charge in [-0.3, -0.25) is 4.79 Å². The van der Waals surface area contributed by atoms with Gasteiger partial charge in [0.15, 0.2) is 11.5 Å². The molecule has 3 rings (SSSR count). The van der Waals surface area contributed by atoms with E-state index in [4.69, 9.17) is 25.8 Å². The molecule has 1 aromatic heterocycles.